The molecule has 31 heavy (non-hydrogen) atoms. The second-order valence-corrected chi connectivity index (χ2v) is 7.77. The molecule has 4 heteroatoms. The van der Waals surface area contributed by atoms with Gasteiger partial charge in [-0.3, -0.25) is 0 Å². The van der Waals surface area contributed by atoms with Crippen LogP contribution in [0.1, 0.15) is 30.9 Å². The van der Waals surface area contributed by atoms with E-state index < -0.39 is 5.82 Å². The summed E-state index contributed by atoms with van der Waals surface area (Å²) in [7, 11) is 0. The smallest absolute Gasteiger partial charge is 0.159 e. The Morgan fingerprint density at radius 1 is 0.710 bits per heavy atom. The van der Waals surface area contributed by atoms with Crippen molar-refractivity contribution in [3.63, 3.8) is 0 Å². The predicted molar refractivity (Wildman–Crippen MR) is 122 cm³/mol. The lowest BCUT2D eigenvalue weighted by Gasteiger charge is -2.09. The van der Waals surface area contributed by atoms with Crippen molar-refractivity contribution in [2.75, 3.05) is 0 Å². The summed E-state index contributed by atoms with van der Waals surface area (Å²) in [6.45, 7) is 4.13. The van der Waals surface area contributed by atoms with E-state index in [1.807, 2.05) is 31.2 Å². The van der Waals surface area contributed by atoms with Crippen molar-refractivity contribution < 1.29 is 8.78 Å². The highest BCUT2D eigenvalue weighted by molar-refractivity contribution is 5.73. The number of aromatic nitrogens is 2. The van der Waals surface area contributed by atoms with Crippen molar-refractivity contribution in [3.8, 4) is 33.6 Å². The van der Waals surface area contributed by atoms with Crippen LogP contribution in [0.4, 0.5) is 8.78 Å². The van der Waals surface area contributed by atoms with Gasteiger partial charge < -0.3 is 0 Å². The summed E-state index contributed by atoms with van der Waals surface area (Å²) < 4.78 is 29.7. The molecule has 0 saturated heterocycles. The zero-order valence-electron chi connectivity index (χ0n) is 17.7. The van der Waals surface area contributed by atoms with Crippen LogP contribution in [0.3, 0.4) is 0 Å². The Morgan fingerprint density at radius 2 is 1.26 bits per heavy atom. The molecule has 1 aromatic heterocycles. The summed E-state index contributed by atoms with van der Waals surface area (Å²) in [5.74, 6) is -0.332. The molecular formula is C27H24F2N2. The first-order valence-electron chi connectivity index (χ1n) is 10.5. The molecular weight excluding hydrogens is 390 g/mol. The zero-order chi connectivity index (χ0) is 21.8. The fraction of sp³-hybridized carbons (Fsp3) is 0.185. The molecule has 0 saturated carbocycles. The molecule has 0 bridgehead atoms. The van der Waals surface area contributed by atoms with Gasteiger partial charge in [0, 0.05) is 29.1 Å². The first-order valence-corrected chi connectivity index (χ1v) is 10.5. The number of unbranched alkanes of at least 4 members (excludes halogenated alkanes) is 1. The van der Waals surface area contributed by atoms with Gasteiger partial charge in [-0.25, -0.2) is 18.7 Å². The van der Waals surface area contributed by atoms with Crippen LogP contribution in [0, 0.1) is 18.6 Å². The number of hydrogen-bond acceptors (Lipinski definition) is 2. The van der Waals surface area contributed by atoms with E-state index in [4.69, 9.17) is 0 Å². The monoisotopic (exact) mass is 414 g/mol. The summed E-state index contributed by atoms with van der Waals surface area (Å²) >= 11 is 0. The summed E-state index contributed by atoms with van der Waals surface area (Å²) in [6.07, 6.45) is 6.73. The van der Waals surface area contributed by atoms with Gasteiger partial charge in [-0.2, -0.15) is 0 Å². The van der Waals surface area contributed by atoms with Crippen molar-refractivity contribution in [1.82, 2.24) is 9.97 Å². The van der Waals surface area contributed by atoms with Gasteiger partial charge in [0.25, 0.3) is 0 Å². The van der Waals surface area contributed by atoms with Crippen LogP contribution in [-0.4, -0.2) is 9.97 Å². The maximum absolute atomic E-state index is 14.9. The number of hydrogen-bond donors (Lipinski definition) is 0. The van der Waals surface area contributed by atoms with Crippen LogP contribution in [0.5, 0.6) is 0 Å². The van der Waals surface area contributed by atoms with Gasteiger partial charge in [0.1, 0.15) is 11.6 Å². The zero-order valence-corrected chi connectivity index (χ0v) is 17.7. The molecule has 3 aromatic carbocycles. The van der Waals surface area contributed by atoms with Crippen LogP contribution in [0.2, 0.25) is 0 Å². The average Bonchev–Trinajstić information content (AvgIpc) is 2.79. The standard InChI is InChI=1S/C27H24F2N2/c1-3-4-5-19-16-30-27(31-17-19)22-11-13-24(26(29)15-22)21-10-12-23(25(28)14-21)20-8-6-18(2)7-9-20/h6-17H,3-5H2,1-2H3. The Hall–Kier alpha value is -3.40. The van der Waals surface area contributed by atoms with E-state index >= 15 is 0 Å². The van der Waals surface area contributed by atoms with Gasteiger partial charge in [0.2, 0.25) is 0 Å². The number of nitrogens with zero attached hydrogens (tertiary/aromatic N) is 2. The lowest BCUT2D eigenvalue weighted by atomic mass is 9.98. The van der Waals surface area contributed by atoms with E-state index in [2.05, 4.69) is 16.9 Å². The first-order chi connectivity index (χ1) is 15.0. The van der Waals surface area contributed by atoms with Crippen molar-refractivity contribution in [2.24, 2.45) is 0 Å². The van der Waals surface area contributed by atoms with Crippen molar-refractivity contribution in [1.29, 1.82) is 0 Å². The first kappa shape index (κ1) is 20.9. The topological polar surface area (TPSA) is 25.8 Å². The molecule has 0 radical (unpaired) electrons. The van der Waals surface area contributed by atoms with Crippen LogP contribution in [0.15, 0.2) is 73.1 Å². The average molecular weight is 414 g/mol. The summed E-state index contributed by atoms with van der Waals surface area (Å²) in [6, 6.07) is 17.3. The Balaban J connectivity index is 1.59. The molecule has 0 atom stereocenters. The Bertz CT molecular complexity index is 1180. The molecule has 0 spiro atoms. The highest BCUT2D eigenvalue weighted by atomic mass is 19.1. The second-order valence-electron chi connectivity index (χ2n) is 7.77. The molecule has 0 N–H and O–H groups in total. The number of halogens is 2. The van der Waals surface area contributed by atoms with E-state index in [1.54, 1.807) is 36.7 Å². The van der Waals surface area contributed by atoms with Crippen molar-refractivity contribution >= 4 is 0 Å². The normalized spacial score (nSPS) is 11.0. The Morgan fingerprint density at radius 3 is 1.87 bits per heavy atom. The van der Waals surface area contributed by atoms with E-state index in [0.29, 0.717) is 28.1 Å². The Labute approximate surface area is 181 Å². The quantitative estimate of drug-likeness (QED) is 0.328. The van der Waals surface area contributed by atoms with Crippen molar-refractivity contribution in [2.45, 2.75) is 33.1 Å². The lowest BCUT2D eigenvalue weighted by molar-refractivity contribution is 0.627. The van der Waals surface area contributed by atoms with E-state index in [-0.39, 0.29) is 5.82 Å². The largest absolute Gasteiger partial charge is 0.236 e. The third-order valence-electron chi connectivity index (χ3n) is 5.39. The lowest BCUT2D eigenvalue weighted by Crippen LogP contribution is -1.94. The van der Waals surface area contributed by atoms with Gasteiger partial charge in [-0.1, -0.05) is 67.4 Å². The molecule has 0 unspecified atom stereocenters. The summed E-state index contributed by atoms with van der Waals surface area (Å²) in [5, 5.41) is 0. The van der Waals surface area contributed by atoms with Crippen LogP contribution < -0.4 is 0 Å². The van der Waals surface area contributed by atoms with E-state index in [9.17, 15) is 8.78 Å². The summed E-state index contributed by atoms with van der Waals surface area (Å²) in [5.41, 5.74) is 4.92. The molecule has 0 aliphatic rings. The number of benzene rings is 3. The minimum atomic E-state index is -0.432. The predicted octanol–water partition coefficient (Wildman–Crippen LogP) is 7.41. The number of aryl methyl sites for hydroxylation is 2. The fourth-order valence-corrected chi connectivity index (χ4v) is 3.55. The second kappa shape index (κ2) is 9.17. The molecule has 4 rings (SSSR count). The molecule has 0 amide bonds. The highest BCUT2D eigenvalue weighted by Crippen LogP contribution is 2.31. The molecule has 0 aliphatic heterocycles. The molecule has 2 nitrogen and oxygen atoms in total. The third kappa shape index (κ3) is 4.69. The molecule has 156 valence electrons. The molecule has 1 heterocycles. The maximum atomic E-state index is 14.9. The van der Waals surface area contributed by atoms with Gasteiger partial charge in [-0.05, 0) is 48.6 Å². The third-order valence-corrected chi connectivity index (χ3v) is 5.39. The number of rotatable bonds is 6. The SMILES string of the molecule is CCCCc1cnc(-c2ccc(-c3ccc(-c4ccc(C)cc4)c(F)c3)c(F)c2)nc1. The molecule has 0 aliphatic carbocycles. The van der Waals surface area contributed by atoms with E-state index in [0.717, 1.165) is 36.0 Å². The fourth-order valence-electron chi connectivity index (χ4n) is 3.55. The van der Waals surface area contributed by atoms with Gasteiger partial charge >= 0.3 is 0 Å². The minimum absolute atomic E-state index is 0.345. The van der Waals surface area contributed by atoms with Gasteiger partial charge in [0.15, 0.2) is 5.82 Å². The highest BCUT2D eigenvalue weighted by Gasteiger charge is 2.12. The maximum Gasteiger partial charge on any atom is 0.159 e. The van der Waals surface area contributed by atoms with Gasteiger partial charge in [-0.15, -0.1) is 0 Å². The van der Waals surface area contributed by atoms with E-state index in [1.165, 1.54) is 12.1 Å². The Kier molecular flexibility index (Phi) is 6.17. The minimum Gasteiger partial charge on any atom is -0.236 e. The van der Waals surface area contributed by atoms with Crippen LogP contribution in [-0.2, 0) is 6.42 Å². The van der Waals surface area contributed by atoms with Gasteiger partial charge in [0.05, 0.1) is 0 Å². The van der Waals surface area contributed by atoms with Crippen molar-refractivity contribution in [3.05, 3.63) is 95.8 Å². The van der Waals surface area contributed by atoms with Crippen LogP contribution >= 0.6 is 0 Å². The summed E-state index contributed by atoms with van der Waals surface area (Å²) in [4.78, 5) is 8.75. The molecule has 0 fully saturated rings. The molecule has 4 aromatic rings. The van der Waals surface area contributed by atoms with Crippen LogP contribution in [0.25, 0.3) is 33.6 Å².